The highest BCUT2D eigenvalue weighted by Crippen LogP contribution is 2.28. The number of amides is 2. The van der Waals surface area contributed by atoms with Gasteiger partial charge in [0.25, 0.3) is 0 Å². The van der Waals surface area contributed by atoms with Crippen molar-refractivity contribution in [1.82, 2.24) is 14.3 Å². The Labute approximate surface area is 196 Å². The van der Waals surface area contributed by atoms with Crippen molar-refractivity contribution in [1.29, 1.82) is 0 Å². The first-order valence-electron chi connectivity index (χ1n) is 10.9. The molecule has 7 heteroatoms. The molecule has 1 aliphatic rings. The van der Waals surface area contributed by atoms with E-state index in [1.807, 2.05) is 36.9 Å². The number of benzene rings is 2. The second kappa shape index (κ2) is 8.47. The van der Waals surface area contributed by atoms with Gasteiger partial charge in [-0.2, -0.15) is 0 Å². The maximum atomic E-state index is 12.9. The summed E-state index contributed by atoms with van der Waals surface area (Å²) in [6.45, 7) is 7.08. The molecule has 32 heavy (non-hydrogen) atoms. The smallest absolute Gasteiger partial charge is 0.321 e. The lowest BCUT2D eigenvalue weighted by Crippen LogP contribution is -2.38. The van der Waals surface area contributed by atoms with Gasteiger partial charge in [-0.1, -0.05) is 22.0 Å². The number of hydrogen-bond donors (Lipinski definition) is 1. The molecule has 0 atom stereocenters. The van der Waals surface area contributed by atoms with Gasteiger partial charge < -0.3 is 19.5 Å². The van der Waals surface area contributed by atoms with Crippen molar-refractivity contribution in [3.63, 3.8) is 0 Å². The summed E-state index contributed by atoms with van der Waals surface area (Å²) < 4.78 is 3.21. The number of carbonyl (C=O) groups is 1. The zero-order valence-electron chi connectivity index (χ0n) is 18.3. The lowest BCUT2D eigenvalue weighted by atomic mass is 10.1. The van der Waals surface area contributed by atoms with E-state index >= 15 is 0 Å². The van der Waals surface area contributed by atoms with E-state index in [0.29, 0.717) is 6.54 Å². The Kier molecular flexibility index (Phi) is 5.51. The van der Waals surface area contributed by atoms with E-state index in [1.165, 1.54) is 0 Å². The molecular formula is C25H26BrN5O. The van der Waals surface area contributed by atoms with Crippen molar-refractivity contribution < 1.29 is 4.79 Å². The Morgan fingerprint density at radius 3 is 2.59 bits per heavy atom. The van der Waals surface area contributed by atoms with E-state index in [4.69, 9.17) is 4.98 Å². The molecule has 1 fully saturated rings. The molecule has 1 saturated heterocycles. The van der Waals surface area contributed by atoms with Crippen molar-refractivity contribution in [3.8, 4) is 0 Å². The van der Waals surface area contributed by atoms with Crippen LogP contribution in [0.15, 0.2) is 59.2 Å². The van der Waals surface area contributed by atoms with Crippen LogP contribution in [0.3, 0.4) is 0 Å². The average Bonchev–Trinajstić information content (AvgIpc) is 3.10. The molecule has 1 aliphatic heterocycles. The number of aromatic nitrogens is 2. The molecule has 1 N–H and O–H groups in total. The third-order valence-electron chi connectivity index (χ3n) is 5.96. The third kappa shape index (κ3) is 4.05. The number of nitrogens with zero attached hydrogens (tertiary/aromatic N) is 4. The first-order chi connectivity index (χ1) is 15.5. The second-order valence-electron chi connectivity index (χ2n) is 8.47. The van der Waals surface area contributed by atoms with Crippen LogP contribution in [0.2, 0.25) is 0 Å². The van der Waals surface area contributed by atoms with Gasteiger partial charge in [-0.3, -0.25) is 0 Å². The highest BCUT2D eigenvalue weighted by Gasteiger charge is 2.22. The monoisotopic (exact) mass is 491 g/mol. The minimum Gasteiger partial charge on any atom is -0.353 e. The number of rotatable bonds is 2. The van der Waals surface area contributed by atoms with Crippen LogP contribution in [-0.2, 0) is 0 Å². The molecule has 0 bridgehead atoms. The Balaban J connectivity index is 1.37. The Morgan fingerprint density at radius 1 is 0.969 bits per heavy atom. The molecule has 0 aliphatic carbocycles. The fraction of sp³-hybridized carbons (Fsp3) is 0.280. The van der Waals surface area contributed by atoms with E-state index in [9.17, 15) is 4.79 Å². The number of urea groups is 1. The van der Waals surface area contributed by atoms with Gasteiger partial charge in [0.2, 0.25) is 0 Å². The molecule has 2 amide bonds. The quantitative estimate of drug-likeness (QED) is 0.396. The second-order valence-corrected chi connectivity index (χ2v) is 9.38. The minimum atomic E-state index is -0.0416. The normalized spacial score (nSPS) is 14.7. The van der Waals surface area contributed by atoms with Gasteiger partial charge in [-0.25, -0.2) is 9.78 Å². The van der Waals surface area contributed by atoms with Crippen LogP contribution in [0.25, 0.3) is 16.6 Å². The molecule has 0 unspecified atom stereocenters. The van der Waals surface area contributed by atoms with E-state index in [2.05, 4.69) is 67.1 Å². The zero-order valence-corrected chi connectivity index (χ0v) is 19.9. The molecule has 3 heterocycles. The standard InChI is InChI=1S/C25H26BrN5O/c1-17-13-18(2)15-20(14-17)27-25(32)30-9-4-8-29(11-12-30)24-23-5-3-10-31(23)22-7-6-19(26)16-21(22)28-24/h3,5-7,10,13-16H,4,8-9,11-12H2,1-2H3,(H,27,32). The number of aryl methyl sites for hydroxylation is 2. The van der Waals surface area contributed by atoms with Crippen molar-refractivity contribution in [2.24, 2.45) is 0 Å². The minimum absolute atomic E-state index is 0.0416. The first kappa shape index (κ1) is 20.8. The summed E-state index contributed by atoms with van der Waals surface area (Å²) in [5, 5.41) is 3.08. The zero-order chi connectivity index (χ0) is 22.2. The summed E-state index contributed by atoms with van der Waals surface area (Å²) in [5.41, 5.74) is 6.27. The van der Waals surface area contributed by atoms with Crippen molar-refractivity contribution in [2.75, 3.05) is 36.4 Å². The predicted octanol–water partition coefficient (Wildman–Crippen LogP) is 5.61. The Bertz CT molecular complexity index is 1290. The number of fused-ring (bicyclic) bond motifs is 3. The molecule has 2 aromatic heterocycles. The van der Waals surface area contributed by atoms with Gasteiger partial charge in [0, 0.05) is 42.5 Å². The fourth-order valence-corrected chi connectivity index (χ4v) is 4.90. The number of nitrogens with one attached hydrogen (secondary N) is 1. The lowest BCUT2D eigenvalue weighted by molar-refractivity contribution is 0.215. The van der Waals surface area contributed by atoms with E-state index in [1.54, 1.807) is 0 Å². The molecular weight excluding hydrogens is 466 g/mol. The van der Waals surface area contributed by atoms with Crippen molar-refractivity contribution in [2.45, 2.75) is 20.3 Å². The summed E-state index contributed by atoms with van der Waals surface area (Å²) in [5.74, 6) is 0.970. The molecule has 5 rings (SSSR count). The SMILES string of the molecule is Cc1cc(C)cc(NC(=O)N2CCCN(c3nc4cc(Br)ccc4n4cccc34)CC2)c1. The van der Waals surface area contributed by atoms with Crippen LogP contribution in [0, 0.1) is 13.8 Å². The predicted molar refractivity (Wildman–Crippen MR) is 134 cm³/mol. The number of halogens is 1. The van der Waals surface area contributed by atoms with Gasteiger partial charge >= 0.3 is 6.03 Å². The molecule has 0 saturated carbocycles. The Hall–Kier alpha value is -3.06. The summed E-state index contributed by atoms with van der Waals surface area (Å²) in [6, 6.07) is 16.4. The van der Waals surface area contributed by atoms with Crippen LogP contribution >= 0.6 is 15.9 Å². The molecule has 0 radical (unpaired) electrons. The van der Waals surface area contributed by atoms with E-state index < -0.39 is 0 Å². The maximum Gasteiger partial charge on any atom is 0.321 e. The molecule has 6 nitrogen and oxygen atoms in total. The Morgan fingerprint density at radius 2 is 1.78 bits per heavy atom. The number of anilines is 2. The van der Waals surface area contributed by atoms with Gasteiger partial charge in [0.05, 0.1) is 16.6 Å². The van der Waals surface area contributed by atoms with Gasteiger partial charge in [0.15, 0.2) is 5.82 Å². The van der Waals surface area contributed by atoms with Crippen LogP contribution in [0.4, 0.5) is 16.3 Å². The van der Waals surface area contributed by atoms with E-state index in [0.717, 1.165) is 69.7 Å². The van der Waals surface area contributed by atoms with Crippen LogP contribution in [0.5, 0.6) is 0 Å². The number of carbonyl (C=O) groups excluding carboxylic acids is 1. The van der Waals surface area contributed by atoms with Gasteiger partial charge in [0.1, 0.15) is 0 Å². The van der Waals surface area contributed by atoms with Crippen LogP contribution in [0.1, 0.15) is 17.5 Å². The molecule has 4 aromatic rings. The molecule has 0 spiro atoms. The van der Waals surface area contributed by atoms with Gasteiger partial charge in [-0.05, 0) is 73.9 Å². The van der Waals surface area contributed by atoms with Gasteiger partial charge in [-0.15, -0.1) is 0 Å². The highest BCUT2D eigenvalue weighted by molar-refractivity contribution is 9.10. The molecule has 2 aromatic carbocycles. The topological polar surface area (TPSA) is 52.9 Å². The van der Waals surface area contributed by atoms with Crippen LogP contribution in [-0.4, -0.2) is 46.5 Å². The summed E-state index contributed by atoms with van der Waals surface area (Å²) in [6.07, 6.45) is 2.98. The van der Waals surface area contributed by atoms with E-state index in [-0.39, 0.29) is 6.03 Å². The summed E-state index contributed by atoms with van der Waals surface area (Å²) in [4.78, 5) is 22.2. The molecule has 164 valence electrons. The average molecular weight is 492 g/mol. The third-order valence-corrected chi connectivity index (χ3v) is 6.45. The van der Waals surface area contributed by atoms with Crippen molar-refractivity contribution >= 4 is 50.0 Å². The maximum absolute atomic E-state index is 12.9. The fourth-order valence-electron chi connectivity index (χ4n) is 4.55. The highest BCUT2D eigenvalue weighted by atomic mass is 79.9. The first-order valence-corrected chi connectivity index (χ1v) is 11.7. The number of hydrogen-bond acceptors (Lipinski definition) is 3. The van der Waals surface area contributed by atoms with Crippen LogP contribution < -0.4 is 10.2 Å². The summed E-state index contributed by atoms with van der Waals surface area (Å²) >= 11 is 3.57. The summed E-state index contributed by atoms with van der Waals surface area (Å²) in [7, 11) is 0. The van der Waals surface area contributed by atoms with Crippen molar-refractivity contribution in [3.05, 3.63) is 70.3 Å². The lowest BCUT2D eigenvalue weighted by Gasteiger charge is -2.24. The largest absolute Gasteiger partial charge is 0.353 e.